The van der Waals surface area contributed by atoms with Gasteiger partial charge in [0.1, 0.15) is 5.02 Å². The number of halogens is 2. The number of H-pyrrole nitrogens is 1. The molecule has 0 fully saturated rings. The van der Waals surface area contributed by atoms with Crippen molar-refractivity contribution in [3.63, 3.8) is 0 Å². The maximum absolute atomic E-state index is 11.9. The molecule has 0 aliphatic carbocycles. The molecule has 0 aliphatic heterocycles. The number of pyridine rings is 1. The normalized spacial score (nSPS) is 10.8. The minimum absolute atomic E-state index is 0.214. The highest BCUT2D eigenvalue weighted by atomic mass is 79.9. The Hall–Kier alpha value is -1.58. The van der Waals surface area contributed by atoms with Crippen molar-refractivity contribution in [1.82, 2.24) is 4.98 Å². The van der Waals surface area contributed by atoms with Gasteiger partial charge in [-0.25, -0.2) is 0 Å². The summed E-state index contributed by atoms with van der Waals surface area (Å²) in [6, 6.07) is 15.4. The predicted molar refractivity (Wildman–Crippen MR) is 82.7 cm³/mol. The minimum atomic E-state index is -0.272. The summed E-state index contributed by atoms with van der Waals surface area (Å²) < 4.78 is 0.905. The lowest BCUT2D eigenvalue weighted by molar-refractivity contribution is 1.30. The molecule has 2 aromatic carbocycles. The summed E-state index contributed by atoms with van der Waals surface area (Å²) in [5.41, 5.74) is 2.18. The van der Waals surface area contributed by atoms with Gasteiger partial charge in [0.15, 0.2) is 0 Å². The molecular formula is C15H9BrClNO. The van der Waals surface area contributed by atoms with Crippen LogP contribution in [-0.2, 0) is 0 Å². The molecular weight excluding hydrogens is 326 g/mol. The highest BCUT2D eigenvalue weighted by Gasteiger charge is 2.14. The number of fused-ring (bicyclic) bond motifs is 1. The zero-order chi connectivity index (χ0) is 13.4. The number of hydrogen-bond acceptors (Lipinski definition) is 1. The third-order valence-corrected chi connectivity index (χ3v) is 4.01. The molecule has 0 saturated heterocycles. The molecule has 0 radical (unpaired) electrons. The first kappa shape index (κ1) is 12.5. The smallest absolute Gasteiger partial charge is 0.267 e. The van der Waals surface area contributed by atoms with E-state index in [9.17, 15) is 4.79 Å². The molecule has 19 heavy (non-hydrogen) atoms. The molecule has 0 amide bonds. The largest absolute Gasteiger partial charge is 0.321 e. The molecule has 0 spiro atoms. The number of aromatic nitrogens is 1. The fourth-order valence-corrected chi connectivity index (χ4v) is 2.97. The highest BCUT2D eigenvalue weighted by Crippen LogP contribution is 2.35. The van der Waals surface area contributed by atoms with Crippen molar-refractivity contribution in [3.05, 3.63) is 68.4 Å². The van der Waals surface area contributed by atoms with Gasteiger partial charge >= 0.3 is 0 Å². The molecule has 2 nitrogen and oxygen atoms in total. The van der Waals surface area contributed by atoms with Gasteiger partial charge in [-0.2, -0.15) is 0 Å². The Morgan fingerprint density at radius 3 is 2.47 bits per heavy atom. The zero-order valence-electron chi connectivity index (χ0n) is 9.78. The van der Waals surface area contributed by atoms with E-state index in [-0.39, 0.29) is 10.6 Å². The van der Waals surface area contributed by atoms with E-state index in [0.717, 1.165) is 26.5 Å². The van der Waals surface area contributed by atoms with Crippen molar-refractivity contribution in [2.24, 2.45) is 0 Å². The Morgan fingerprint density at radius 2 is 1.74 bits per heavy atom. The van der Waals surface area contributed by atoms with Crippen LogP contribution in [0.25, 0.3) is 22.0 Å². The number of hydrogen-bond donors (Lipinski definition) is 1. The summed E-state index contributed by atoms with van der Waals surface area (Å²) >= 11 is 9.74. The molecule has 0 saturated carbocycles. The molecule has 94 valence electrons. The van der Waals surface area contributed by atoms with Crippen LogP contribution in [-0.4, -0.2) is 4.98 Å². The van der Waals surface area contributed by atoms with E-state index in [0.29, 0.717) is 0 Å². The van der Waals surface area contributed by atoms with Gasteiger partial charge in [0.2, 0.25) is 0 Å². The van der Waals surface area contributed by atoms with Crippen molar-refractivity contribution in [2.45, 2.75) is 0 Å². The number of aromatic amines is 1. The molecule has 0 atom stereocenters. The fourth-order valence-electron chi connectivity index (χ4n) is 2.16. The average Bonchev–Trinajstić information content (AvgIpc) is 2.42. The van der Waals surface area contributed by atoms with Gasteiger partial charge in [0.05, 0.1) is 5.52 Å². The van der Waals surface area contributed by atoms with Crippen molar-refractivity contribution < 1.29 is 0 Å². The highest BCUT2D eigenvalue weighted by molar-refractivity contribution is 9.10. The minimum Gasteiger partial charge on any atom is -0.321 e. The van der Waals surface area contributed by atoms with Crippen molar-refractivity contribution in [1.29, 1.82) is 0 Å². The van der Waals surface area contributed by atoms with E-state index in [1.807, 2.05) is 48.5 Å². The molecule has 0 aliphatic rings. The van der Waals surface area contributed by atoms with Crippen LogP contribution < -0.4 is 5.56 Å². The van der Waals surface area contributed by atoms with Gasteiger partial charge in [0, 0.05) is 15.4 Å². The Balaban J connectivity index is 2.53. The van der Waals surface area contributed by atoms with Gasteiger partial charge in [-0.1, -0.05) is 63.9 Å². The Morgan fingerprint density at radius 1 is 1.00 bits per heavy atom. The third-order valence-electron chi connectivity index (χ3n) is 2.99. The first-order chi connectivity index (χ1) is 9.18. The summed E-state index contributed by atoms with van der Waals surface area (Å²) in [6.45, 7) is 0. The summed E-state index contributed by atoms with van der Waals surface area (Å²) in [5, 5.41) is 1.13. The van der Waals surface area contributed by atoms with Gasteiger partial charge in [0.25, 0.3) is 5.56 Å². The van der Waals surface area contributed by atoms with Crippen molar-refractivity contribution >= 4 is 38.4 Å². The lowest BCUT2D eigenvalue weighted by Gasteiger charge is -2.10. The van der Waals surface area contributed by atoms with Gasteiger partial charge in [-0.15, -0.1) is 0 Å². The van der Waals surface area contributed by atoms with Crippen LogP contribution in [0.15, 0.2) is 57.8 Å². The molecule has 0 bridgehead atoms. The second kappa shape index (κ2) is 4.83. The zero-order valence-corrected chi connectivity index (χ0v) is 12.1. The second-order valence-electron chi connectivity index (χ2n) is 4.17. The molecule has 1 aromatic heterocycles. The molecule has 3 aromatic rings. The lowest BCUT2D eigenvalue weighted by atomic mass is 10.0. The van der Waals surface area contributed by atoms with Gasteiger partial charge in [-0.3, -0.25) is 4.79 Å². The van der Waals surface area contributed by atoms with Crippen LogP contribution in [0.1, 0.15) is 0 Å². The van der Waals surface area contributed by atoms with Crippen LogP contribution in [0.2, 0.25) is 5.02 Å². The summed E-state index contributed by atoms with van der Waals surface area (Å²) in [4.78, 5) is 14.7. The monoisotopic (exact) mass is 333 g/mol. The summed E-state index contributed by atoms with van der Waals surface area (Å²) in [6.07, 6.45) is 0. The van der Waals surface area contributed by atoms with Gasteiger partial charge in [-0.05, 0) is 17.7 Å². The van der Waals surface area contributed by atoms with Crippen LogP contribution in [0.4, 0.5) is 0 Å². The fraction of sp³-hybridized carbons (Fsp3) is 0. The third kappa shape index (κ3) is 2.09. The number of nitrogens with one attached hydrogen (secondary N) is 1. The Bertz CT molecular complexity index is 811. The maximum atomic E-state index is 11.9. The summed E-state index contributed by atoms with van der Waals surface area (Å²) in [7, 11) is 0. The molecule has 0 unspecified atom stereocenters. The number of benzene rings is 2. The molecule has 4 heteroatoms. The van der Waals surface area contributed by atoms with Crippen molar-refractivity contribution in [2.75, 3.05) is 0 Å². The van der Waals surface area contributed by atoms with Gasteiger partial charge < -0.3 is 4.98 Å². The van der Waals surface area contributed by atoms with Crippen LogP contribution in [0, 0.1) is 0 Å². The van der Waals surface area contributed by atoms with Crippen LogP contribution in [0.3, 0.4) is 0 Å². The first-order valence-corrected chi connectivity index (χ1v) is 6.91. The summed E-state index contributed by atoms with van der Waals surface area (Å²) in [5.74, 6) is 0. The van der Waals surface area contributed by atoms with Crippen molar-refractivity contribution in [3.8, 4) is 11.1 Å². The van der Waals surface area contributed by atoms with Crippen LogP contribution in [0.5, 0.6) is 0 Å². The van der Waals surface area contributed by atoms with E-state index in [1.165, 1.54) is 0 Å². The van der Waals surface area contributed by atoms with E-state index in [1.54, 1.807) is 0 Å². The van der Waals surface area contributed by atoms with E-state index in [2.05, 4.69) is 20.9 Å². The predicted octanol–water partition coefficient (Wildman–Crippen LogP) is 4.61. The topological polar surface area (TPSA) is 32.9 Å². The lowest BCUT2D eigenvalue weighted by Crippen LogP contribution is -2.08. The average molecular weight is 335 g/mol. The molecule has 3 rings (SSSR count). The second-order valence-corrected chi connectivity index (χ2v) is 5.40. The SMILES string of the molecule is O=c1[nH]c2cccc(Br)c2c(-c2ccccc2)c1Cl. The standard InChI is InChI=1S/C15H9BrClNO/c16-10-7-4-8-11-13(10)12(14(17)15(19)18-11)9-5-2-1-3-6-9/h1-8H,(H,18,19). The first-order valence-electron chi connectivity index (χ1n) is 5.74. The molecule has 1 heterocycles. The van der Waals surface area contributed by atoms with Crippen LogP contribution >= 0.6 is 27.5 Å². The number of rotatable bonds is 1. The molecule has 1 N–H and O–H groups in total. The Kier molecular flexibility index (Phi) is 3.17. The maximum Gasteiger partial charge on any atom is 0.267 e. The Labute approximate surface area is 123 Å². The van der Waals surface area contributed by atoms with E-state index in [4.69, 9.17) is 11.6 Å². The quantitative estimate of drug-likeness (QED) is 0.692. The van der Waals surface area contributed by atoms with E-state index < -0.39 is 0 Å². The van der Waals surface area contributed by atoms with E-state index >= 15 is 0 Å².